The first-order valence-electron chi connectivity index (χ1n) is 6.64. The van der Waals surface area contributed by atoms with Gasteiger partial charge in [0.15, 0.2) is 0 Å². The lowest BCUT2D eigenvalue weighted by atomic mass is 10.1. The molecular weight excluding hydrogens is 210 g/mol. The second-order valence-corrected chi connectivity index (χ2v) is 5.69. The summed E-state index contributed by atoms with van der Waals surface area (Å²) in [6, 6.07) is 0. The number of aromatic nitrogens is 2. The molecule has 0 aliphatic carbocycles. The van der Waals surface area contributed by atoms with Crippen molar-refractivity contribution < 1.29 is 0 Å². The van der Waals surface area contributed by atoms with Crippen LogP contribution in [0.4, 0.5) is 0 Å². The van der Waals surface area contributed by atoms with E-state index >= 15 is 0 Å². The van der Waals surface area contributed by atoms with Crippen molar-refractivity contribution in [2.75, 3.05) is 13.1 Å². The van der Waals surface area contributed by atoms with Crippen LogP contribution in [-0.4, -0.2) is 22.9 Å². The summed E-state index contributed by atoms with van der Waals surface area (Å²) in [5, 5.41) is 8.04. The summed E-state index contributed by atoms with van der Waals surface area (Å²) in [6.07, 6.45) is 2.31. The van der Waals surface area contributed by atoms with Crippen molar-refractivity contribution in [2.24, 2.45) is 0 Å². The van der Waals surface area contributed by atoms with Crippen molar-refractivity contribution in [3.05, 3.63) is 17.0 Å². The summed E-state index contributed by atoms with van der Waals surface area (Å²) >= 11 is 0. The molecule has 0 atom stereocenters. The fourth-order valence-electron chi connectivity index (χ4n) is 2.26. The minimum absolute atomic E-state index is 0.0781. The van der Waals surface area contributed by atoms with Gasteiger partial charge in [0.25, 0.3) is 0 Å². The van der Waals surface area contributed by atoms with Gasteiger partial charge in [0.2, 0.25) is 0 Å². The zero-order valence-electron chi connectivity index (χ0n) is 12.2. The summed E-state index contributed by atoms with van der Waals surface area (Å²) in [4.78, 5) is 0. The van der Waals surface area contributed by atoms with Crippen molar-refractivity contribution in [1.29, 1.82) is 0 Å². The first kappa shape index (κ1) is 14.2. The molecule has 1 N–H and O–H groups in total. The molecule has 0 aromatic carbocycles. The van der Waals surface area contributed by atoms with Gasteiger partial charge in [-0.05, 0) is 66.1 Å². The molecule has 1 rings (SSSR count). The van der Waals surface area contributed by atoms with Gasteiger partial charge in [-0.15, -0.1) is 0 Å². The number of nitrogens with one attached hydrogen (secondary N) is 1. The highest BCUT2D eigenvalue weighted by atomic mass is 15.3. The molecule has 0 bridgehead atoms. The predicted molar refractivity (Wildman–Crippen MR) is 73.6 cm³/mol. The standard InChI is InChI=1S/C14H27N3/c1-7-15-10-8-9-13-11(2)16-17(12(13)3)14(4,5)6/h15H,7-10H2,1-6H3. The summed E-state index contributed by atoms with van der Waals surface area (Å²) in [6.45, 7) is 15.2. The fraction of sp³-hybridized carbons (Fsp3) is 0.786. The third-order valence-electron chi connectivity index (χ3n) is 3.11. The van der Waals surface area contributed by atoms with E-state index in [1.165, 1.54) is 23.4 Å². The Labute approximate surface area is 106 Å². The zero-order chi connectivity index (χ0) is 13.1. The van der Waals surface area contributed by atoms with Crippen LogP contribution in [0.15, 0.2) is 0 Å². The predicted octanol–water partition coefficient (Wildman–Crippen LogP) is 2.80. The molecule has 3 nitrogen and oxygen atoms in total. The van der Waals surface area contributed by atoms with Crippen LogP contribution in [0, 0.1) is 13.8 Å². The van der Waals surface area contributed by atoms with Crippen LogP contribution >= 0.6 is 0 Å². The summed E-state index contributed by atoms with van der Waals surface area (Å²) < 4.78 is 2.16. The van der Waals surface area contributed by atoms with Crippen LogP contribution in [0.25, 0.3) is 0 Å². The molecule has 17 heavy (non-hydrogen) atoms. The highest BCUT2D eigenvalue weighted by molar-refractivity contribution is 5.25. The van der Waals surface area contributed by atoms with E-state index in [-0.39, 0.29) is 5.54 Å². The van der Waals surface area contributed by atoms with Crippen LogP contribution in [0.1, 0.15) is 51.1 Å². The zero-order valence-corrected chi connectivity index (χ0v) is 12.2. The van der Waals surface area contributed by atoms with Crippen molar-refractivity contribution in [2.45, 2.75) is 59.9 Å². The third-order valence-corrected chi connectivity index (χ3v) is 3.11. The maximum absolute atomic E-state index is 4.68. The minimum atomic E-state index is 0.0781. The van der Waals surface area contributed by atoms with Gasteiger partial charge in [0.05, 0.1) is 11.2 Å². The maximum atomic E-state index is 4.68. The molecule has 0 spiro atoms. The lowest BCUT2D eigenvalue weighted by Gasteiger charge is -2.21. The quantitative estimate of drug-likeness (QED) is 0.798. The Morgan fingerprint density at radius 1 is 1.24 bits per heavy atom. The van der Waals surface area contributed by atoms with Crippen molar-refractivity contribution in [3.63, 3.8) is 0 Å². The van der Waals surface area contributed by atoms with Gasteiger partial charge in [0, 0.05) is 5.69 Å². The molecular formula is C14H27N3. The smallest absolute Gasteiger partial charge is 0.0628 e. The second-order valence-electron chi connectivity index (χ2n) is 5.69. The molecule has 98 valence electrons. The summed E-state index contributed by atoms with van der Waals surface area (Å²) in [5.74, 6) is 0. The van der Waals surface area contributed by atoms with E-state index in [0.29, 0.717) is 0 Å². The number of hydrogen-bond acceptors (Lipinski definition) is 2. The minimum Gasteiger partial charge on any atom is -0.317 e. The Bertz CT molecular complexity index is 358. The summed E-state index contributed by atoms with van der Waals surface area (Å²) in [5.41, 5.74) is 4.02. The van der Waals surface area contributed by atoms with E-state index in [2.05, 4.69) is 56.6 Å². The number of rotatable bonds is 5. The topological polar surface area (TPSA) is 29.9 Å². The molecule has 0 aliphatic heterocycles. The Kier molecular flexibility index (Phi) is 4.75. The van der Waals surface area contributed by atoms with Gasteiger partial charge in [-0.3, -0.25) is 4.68 Å². The van der Waals surface area contributed by atoms with Crippen molar-refractivity contribution in [1.82, 2.24) is 15.1 Å². The van der Waals surface area contributed by atoms with Gasteiger partial charge in [-0.1, -0.05) is 6.92 Å². The van der Waals surface area contributed by atoms with Crippen LogP contribution in [0.3, 0.4) is 0 Å². The highest BCUT2D eigenvalue weighted by Gasteiger charge is 2.20. The average Bonchev–Trinajstić information content (AvgIpc) is 2.50. The lowest BCUT2D eigenvalue weighted by Crippen LogP contribution is -2.24. The van der Waals surface area contributed by atoms with Gasteiger partial charge in [0.1, 0.15) is 0 Å². The van der Waals surface area contributed by atoms with Gasteiger partial charge in [-0.2, -0.15) is 5.10 Å². The normalized spacial score (nSPS) is 12.1. The molecule has 3 heteroatoms. The average molecular weight is 237 g/mol. The van der Waals surface area contributed by atoms with E-state index in [0.717, 1.165) is 19.5 Å². The largest absolute Gasteiger partial charge is 0.317 e. The molecule has 0 amide bonds. The van der Waals surface area contributed by atoms with Crippen molar-refractivity contribution in [3.8, 4) is 0 Å². The van der Waals surface area contributed by atoms with Gasteiger partial charge >= 0.3 is 0 Å². The molecule has 0 aliphatic rings. The Morgan fingerprint density at radius 3 is 2.35 bits per heavy atom. The lowest BCUT2D eigenvalue weighted by molar-refractivity contribution is 0.346. The first-order valence-corrected chi connectivity index (χ1v) is 6.64. The van der Waals surface area contributed by atoms with Gasteiger partial charge in [-0.25, -0.2) is 0 Å². The molecule has 0 saturated heterocycles. The van der Waals surface area contributed by atoms with Crippen LogP contribution in [0.2, 0.25) is 0 Å². The second kappa shape index (κ2) is 5.67. The van der Waals surface area contributed by atoms with E-state index in [4.69, 9.17) is 0 Å². The molecule has 0 fully saturated rings. The molecule has 1 aromatic heterocycles. The monoisotopic (exact) mass is 237 g/mol. The first-order chi connectivity index (χ1) is 7.88. The maximum Gasteiger partial charge on any atom is 0.0628 e. The fourth-order valence-corrected chi connectivity index (χ4v) is 2.26. The molecule has 0 saturated carbocycles. The SMILES string of the molecule is CCNCCCc1c(C)nn(C(C)(C)C)c1C. The summed E-state index contributed by atoms with van der Waals surface area (Å²) in [7, 11) is 0. The van der Waals surface area contributed by atoms with Crippen LogP contribution in [-0.2, 0) is 12.0 Å². The highest BCUT2D eigenvalue weighted by Crippen LogP contribution is 2.22. The third kappa shape index (κ3) is 3.56. The van der Waals surface area contributed by atoms with E-state index in [1.54, 1.807) is 0 Å². The number of hydrogen-bond donors (Lipinski definition) is 1. The molecule has 1 aromatic rings. The molecule has 1 heterocycles. The Balaban J connectivity index is 2.76. The van der Waals surface area contributed by atoms with Crippen LogP contribution < -0.4 is 5.32 Å². The Morgan fingerprint density at radius 2 is 1.88 bits per heavy atom. The Hall–Kier alpha value is -0.830. The van der Waals surface area contributed by atoms with Crippen LogP contribution in [0.5, 0.6) is 0 Å². The molecule has 0 radical (unpaired) electrons. The number of nitrogens with zero attached hydrogens (tertiary/aromatic N) is 2. The number of aryl methyl sites for hydroxylation is 1. The van der Waals surface area contributed by atoms with E-state index < -0.39 is 0 Å². The van der Waals surface area contributed by atoms with E-state index in [1.807, 2.05) is 0 Å². The van der Waals surface area contributed by atoms with Crippen molar-refractivity contribution >= 4 is 0 Å². The molecule has 0 unspecified atom stereocenters. The van der Waals surface area contributed by atoms with Gasteiger partial charge < -0.3 is 5.32 Å². The van der Waals surface area contributed by atoms with E-state index in [9.17, 15) is 0 Å².